The quantitative estimate of drug-likeness (QED) is 0.566. The smallest absolute Gasteiger partial charge is 0.185 e. The first kappa shape index (κ1) is 21.2. The van der Waals surface area contributed by atoms with Gasteiger partial charge in [-0.25, -0.2) is 0 Å². The van der Waals surface area contributed by atoms with Crippen LogP contribution in [0.4, 0.5) is 0 Å². The van der Waals surface area contributed by atoms with Crippen molar-refractivity contribution in [3.63, 3.8) is 0 Å². The first-order valence-corrected chi connectivity index (χ1v) is 7.28. The summed E-state index contributed by atoms with van der Waals surface area (Å²) in [6, 6.07) is 1.69. The summed E-state index contributed by atoms with van der Waals surface area (Å²) >= 11 is 0. The van der Waals surface area contributed by atoms with Crippen molar-refractivity contribution in [2.24, 2.45) is 0 Å². The van der Waals surface area contributed by atoms with Gasteiger partial charge in [0.1, 0.15) is 0 Å². The van der Waals surface area contributed by atoms with Crippen molar-refractivity contribution >= 4 is 6.29 Å². The van der Waals surface area contributed by atoms with E-state index in [4.69, 9.17) is 13.9 Å². The lowest BCUT2D eigenvalue weighted by Gasteiger charge is -2.09. The Bertz CT molecular complexity index is 299. The van der Waals surface area contributed by atoms with Gasteiger partial charge in [-0.3, -0.25) is 4.79 Å². The average Bonchev–Trinajstić information content (AvgIpc) is 2.86. The van der Waals surface area contributed by atoms with Crippen LogP contribution in [0.25, 0.3) is 0 Å². The molecule has 0 atom stereocenters. The summed E-state index contributed by atoms with van der Waals surface area (Å²) < 4.78 is 14.9. The van der Waals surface area contributed by atoms with Gasteiger partial charge in [0.05, 0.1) is 6.26 Å². The molecule has 4 nitrogen and oxygen atoms in total. The summed E-state index contributed by atoms with van der Waals surface area (Å²) in [6.45, 7) is 13.5. The number of rotatable bonds is 6. The number of unbranched alkanes of at least 4 members (excludes halogenated alkanes) is 1. The van der Waals surface area contributed by atoms with Gasteiger partial charge in [-0.1, -0.05) is 26.7 Å². The molecule has 1 aromatic rings. The fourth-order valence-electron chi connectivity index (χ4n) is 1.03. The molecule has 0 N–H and O–H groups in total. The Labute approximate surface area is 123 Å². The molecule has 118 valence electrons. The third kappa shape index (κ3) is 14.9. The molecule has 0 aromatic carbocycles. The standard InChI is InChI=1S/C6H6O2.C6H14O2.C4H10/c1-5-2-6(3-7)8-4-5;1-4-7-6(3)8-5-2;1-3-4-2/h2-4H,1H3;6H,4-5H2,1-3H3;3-4H2,1-2H3. The molecule has 0 saturated carbocycles. The van der Waals surface area contributed by atoms with E-state index in [-0.39, 0.29) is 6.29 Å². The summed E-state index contributed by atoms with van der Waals surface area (Å²) in [4.78, 5) is 9.93. The third-order valence-electron chi connectivity index (χ3n) is 2.17. The molecular weight excluding hydrogens is 256 g/mol. The van der Waals surface area contributed by atoms with Crippen molar-refractivity contribution in [3.05, 3.63) is 23.7 Å². The van der Waals surface area contributed by atoms with Crippen molar-refractivity contribution in [1.29, 1.82) is 0 Å². The van der Waals surface area contributed by atoms with E-state index in [0.717, 1.165) is 18.8 Å². The van der Waals surface area contributed by atoms with Gasteiger partial charge in [-0.15, -0.1) is 0 Å². The second kappa shape index (κ2) is 15.9. The van der Waals surface area contributed by atoms with Crippen LogP contribution in [-0.4, -0.2) is 25.8 Å². The average molecular weight is 286 g/mol. The van der Waals surface area contributed by atoms with Gasteiger partial charge >= 0.3 is 0 Å². The number of hydrogen-bond donors (Lipinski definition) is 0. The zero-order valence-corrected chi connectivity index (χ0v) is 13.8. The lowest BCUT2D eigenvalue weighted by Crippen LogP contribution is -2.11. The Morgan fingerprint density at radius 3 is 1.85 bits per heavy atom. The molecule has 0 aliphatic carbocycles. The Morgan fingerprint density at radius 1 is 1.15 bits per heavy atom. The number of carbonyl (C=O) groups is 1. The second-order valence-corrected chi connectivity index (χ2v) is 4.12. The molecule has 20 heavy (non-hydrogen) atoms. The molecule has 0 amide bonds. The molecular formula is C16H30O4. The van der Waals surface area contributed by atoms with Gasteiger partial charge in [0, 0.05) is 13.2 Å². The van der Waals surface area contributed by atoms with E-state index < -0.39 is 0 Å². The summed E-state index contributed by atoms with van der Waals surface area (Å²) in [6.07, 6.45) is 4.83. The molecule has 0 spiro atoms. The minimum atomic E-state index is -0.0370. The Balaban J connectivity index is 0. The maximum atomic E-state index is 9.93. The lowest BCUT2D eigenvalue weighted by molar-refractivity contribution is -0.123. The van der Waals surface area contributed by atoms with Gasteiger partial charge in [0.25, 0.3) is 0 Å². The highest BCUT2D eigenvalue weighted by Crippen LogP contribution is 2.01. The normalized spacial score (nSPS) is 9.35. The molecule has 0 saturated heterocycles. The third-order valence-corrected chi connectivity index (χ3v) is 2.17. The first-order valence-electron chi connectivity index (χ1n) is 7.28. The van der Waals surface area contributed by atoms with Crippen molar-refractivity contribution < 1.29 is 18.7 Å². The predicted octanol–water partition coefficient (Wildman–Crippen LogP) is 4.61. The Hall–Kier alpha value is -1.13. The summed E-state index contributed by atoms with van der Waals surface area (Å²) in [5, 5.41) is 0. The fraction of sp³-hybridized carbons (Fsp3) is 0.688. The number of furan rings is 1. The number of aryl methyl sites for hydroxylation is 1. The van der Waals surface area contributed by atoms with Crippen LogP contribution in [0.2, 0.25) is 0 Å². The van der Waals surface area contributed by atoms with E-state index in [1.165, 1.54) is 12.8 Å². The zero-order chi connectivity index (χ0) is 15.8. The highest BCUT2D eigenvalue weighted by Gasteiger charge is 1.94. The lowest BCUT2D eigenvalue weighted by atomic mass is 10.3. The van der Waals surface area contributed by atoms with E-state index >= 15 is 0 Å². The van der Waals surface area contributed by atoms with Crippen LogP contribution in [0.1, 0.15) is 63.6 Å². The van der Waals surface area contributed by atoms with E-state index in [1.807, 2.05) is 27.7 Å². The van der Waals surface area contributed by atoms with Gasteiger partial charge in [-0.2, -0.15) is 0 Å². The van der Waals surface area contributed by atoms with Crippen LogP contribution in [0.5, 0.6) is 0 Å². The van der Waals surface area contributed by atoms with Crippen LogP contribution in [0, 0.1) is 6.92 Å². The first-order chi connectivity index (χ1) is 9.55. The number of hydrogen-bond acceptors (Lipinski definition) is 4. The molecule has 1 rings (SSSR count). The van der Waals surface area contributed by atoms with Crippen molar-refractivity contribution in [1.82, 2.24) is 0 Å². The monoisotopic (exact) mass is 286 g/mol. The maximum absolute atomic E-state index is 9.93. The molecule has 0 bridgehead atoms. The van der Waals surface area contributed by atoms with Crippen LogP contribution >= 0.6 is 0 Å². The molecule has 4 heteroatoms. The van der Waals surface area contributed by atoms with Gasteiger partial charge in [0.2, 0.25) is 0 Å². The van der Waals surface area contributed by atoms with Crippen LogP contribution in [-0.2, 0) is 9.47 Å². The van der Waals surface area contributed by atoms with Crippen molar-refractivity contribution in [3.8, 4) is 0 Å². The topological polar surface area (TPSA) is 48.7 Å². The molecule has 0 aliphatic rings. The molecule has 1 heterocycles. The predicted molar refractivity (Wildman–Crippen MR) is 82.1 cm³/mol. The molecule has 1 aromatic heterocycles. The van der Waals surface area contributed by atoms with Crippen LogP contribution < -0.4 is 0 Å². The van der Waals surface area contributed by atoms with Gasteiger partial charge in [-0.05, 0) is 39.3 Å². The van der Waals surface area contributed by atoms with E-state index in [1.54, 1.807) is 12.3 Å². The Morgan fingerprint density at radius 2 is 1.65 bits per heavy atom. The fourth-order valence-corrected chi connectivity index (χ4v) is 1.03. The SMILES string of the molecule is CCCC.CCOC(C)OCC.Cc1coc(C=O)c1. The highest BCUT2D eigenvalue weighted by molar-refractivity contribution is 5.70. The number of carbonyl (C=O) groups excluding carboxylic acids is 1. The Kier molecular flexibility index (Phi) is 16.9. The molecule has 0 radical (unpaired) electrons. The highest BCUT2D eigenvalue weighted by atomic mass is 16.7. The molecule has 0 aliphatic heterocycles. The maximum Gasteiger partial charge on any atom is 0.185 e. The number of aldehydes is 1. The minimum Gasteiger partial charge on any atom is -0.461 e. The van der Waals surface area contributed by atoms with E-state index in [9.17, 15) is 4.79 Å². The zero-order valence-electron chi connectivity index (χ0n) is 13.8. The summed E-state index contributed by atoms with van der Waals surface area (Å²) in [5.41, 5.74) is 0.979. The minimum absolute atomic E-state index is 0.0370. The summed E-state index contributed by atoms with van der Waals surface area (Å²) in [7, 11) is 0. The van der Waals surface area contributed by atoms with Crippen LogP contribution in [0.15, 0.2) is 16.7 Å². The number of ether oxygens (including phenoxy) is 2. The van der Waals surface area contributed by atoms with E-state index in [0.29, 0.717) is 12.0 Å². The van der Waals surface area contributed by atoms with E-state index in [2.05, 4.69) is 13.8 Å². The largest absolute Gasteiger partial charge is 0.461 e. The molecule has 0 unspecified atom stereocenters. The van der Waals surface area contributed by atoms with Gasteiger partial charge < -0.3 is 13.9 Å². The van der Waals surface area contributed by atoms with Crippen LogP contribution in [0.3, 0.4) is 0 Å². The molecule has 0 fully saturated rings. The van der Waals surface area contributed by atoms with Gasteiger partial charge in [0.15, 0.2) is 18.3 Å². The second-order valence-electron chi connectivity index (χ2n) is 4.12. The van der Waals surface area contributed by atoms with Crippen molar-refractivity contribution in [2.45, 2.75) is 60.7 Å². The van der Waals surface area contributed by atoms with Crippen molar-refractivity contribution in [2.75, 3.05) is 13.2 Å². The summed E-state index contributed by atoms with van der Waals surface area (Å²) in [5.74, 6) is 0.391.